The Morgan fingerprint density at radius 3 is 2.89 bits per heavy atom. The number of hydrogen-bond acceptors (Lipinski definition) is 3. The molecule has 1 unspecified atom stereocenters. The molecule has 1 saturated heterocycles. The summed E-state index contributed by atoms with van der Waals surface area (Å²) < 4.78 is 0. The van der Waals surface area contributed by atoms with Crippen molar-refractivity contribution >= 4 is 5.82 Å². The van der Waals surface area contributed by atoms with Crippen LogP contribution >= 0.6 is 0 Å². The Morgan fingerprint density at radius 1 is 1.42 bits per heavy atom. The van der Waals surface area contributed by atoms with Gasteiger partial charge in [0.15, 0.2) is 0 Å². The van der Waals surface area contributed by atoms with Gasteiger partial charge in [-0.2, -0.15) is 0 Å². The van der Waals surface area contributed by atoms with Gasteiger partial charge in [0.1, 0.15) is 5.82 Å². The Hall–Kier alpha value is -1.09. The molecule has 0 bridgehead atoms. The fraction of sp³-hybridized carbons (Fsp3) is 0.688. The first-order chi connectivity index (χ1) is 9.01. The van der Waals surface area contributed by atoms with E-state index in [1.54, 1.807) is 0 Å². The molecule has 0 spiro atoms. The van der Waals surface area contributed by atoms with E-state index >= 15 is 0 Å². The third-order valence-electron chi connectivity index (χ3n) is 3.80. The van der Waals surface area contributed by atoms with E-state index in [9.17, 15) is 0 Å². The molecule has 0 amide bonds. The average Bonchev–Trinajstić information content (AvgIpc) is 2.84. The molecule has 0 radical (unpaired) electrons. The van der Waals surface area contributed by atoms with Crippen molar-refractivity contribution in [3.63, 3.8) is 0 Å². The number of nitrogens with one attached hydrogen (secondary N) is 1. The van der Waals surface area contributed by atoms with Crippen LogP contribution in [0.5, 0.6) is 0 Å². The van der Waals surface area contributed by atoms with Gasteiger partial charge in [0, 0.05) is 36.4 Å². The Kier molecular flexibility index (Phi) is 4.46. The summed E-state index contributed by atoms with van der Waals surface area (Å²) >= 11 is 0. The first-order valence-electron chi connectivity index (χ1n) is 7.47. The van der Waals surface area contributed by atoms with Crippen LogP contribution in [-0.4, -0.2) is 23.1 Å². The molecule has 1 aliphatic rings. The smallest absolute Gasteiger partial charge is 0.133 e. The van der Waals surface area contributed by atoms with E-state index in [2.05, 4.69) is 49.0 Å². The van der Waals surface area contributed by atoms with Crippen molar-refractivity contribution in [3.8, 4) is 0 Å². The second kappa shape index (κ2) is 5.91. The maximum Gasteiger partial charge on any atom is 0.133 e. The Morgan fingerprint density at radius 2 is 2.21 bits per heavy atom. The maximum absolute atomic E-state index is 4.65. The van der Waals surface area contributed by atoms with Crippen LogP contribution in [0.15, 0.2) is 18.3 Å². The minimum absolute atomic E-state index is 0.141. The summed E-state index contributed by atoms with van der Waals surface area (Å²) in [4.78, 5) is 7.15. The molecule has 2 heterocycles. The number of pyridine rings is 1. The van der Waals surface area contributed by atoms with Crippen molar-refractivity contribution in [2.24, 2.45) is 0 Å². The summed E-state index contributed by atoms with van der Waals surface area (Å²) in [6.07, 6.45) is 5.73. The highest BCUT2D eigenvalue weighted by atomic mass is 15.2. The topological polar surface area (TPSA) is 28.2 Å². The van der Waals surface area contributed by atoms with Crippen molar-refractivity contribution in [3.05, 3.63) is 23.9 Å². The fourth-order valence-electron chi connectivity index (χ4n) is 2.73. The van der Waals surface area contributed by atoms with Gasteiger partial charge < -0.3 is 10.2 Å². The van der Waals surface area contributed by atoms with E-state index in [1.807, 2.05) is 12.3 Å². The summed E-state index contributed by atoms with van der Waals surface area (Å²) in [7, 11) is 0. The van der Waals surface area contributed by atoms with Gasteiger partial charge in [-0.3, -0.25) is 0 Å². The molecular weight excluding hydrogens is 234 g/mol. The van der Waals surface area contributed by atoms with Crippen LogP contribution in [0.3, 0.4) is 0 Å². The van der Waals surface area contributed by atoms with Crippen LogP contribution in [0.4, 0.5) is 5.82 Å². The van der Waals surface area contributed by atoms with Gasteiger partial charge in [-0.25, -0.2) is 4.98 Å². The largest absolute Gasteiger partial charge is 0.353 e. The predicted molar refractivity (Wildman–Crippen MR) is 81.5 cm³/mol. The molecule has 3 nitrogen and oxygen atoms in total. The molecule has 1 N–H and O–H groups in total. The minimum Gasteiger partial charge on any atom is -0.353 e. The van der Waals surface area contributed by atoms with Gasteiger partial charge in [-0.05, 0) is 46.1 Å². The van der Waals surface area contributed by atoms with Crippen molar-refractivity contribution in [2.75, 3.05) is 11.4 Å². The van der Waals surface area contributed by atoms with Crippen molar-refractivity contribution in [2.45, 2.75) is 65.1 Å². The first-order valence-corrected chi connectivity index (χ1v) is 7.47. The van der Waals surface area contributed by atoms with E-state index < -0.39 is 0 Å². The maximum atomic E-state index is 4.65. The molecule has 0 aliphatic carbocycles. The van der Waals surface area contributed by atoms with Crippen LogP contribution in [0.25, 0.3) is 0 Å². The number of anilines is 1. The molecule has 106 valence electrons. The van der Waals surface area contributed by atoms with Crippen molar-refractivity contribution in [1.29, 1.82) is 0 Å². The number of nitrogens with zero attached hydrogens (tertiary/aromatic N) is 2. The third-order valence-corrected chi connectivity index (χ3v) is 3.80. The first kappa shape index (κ1) is 14.3. The lowest BCUT2D eigenvalue weighted by Gasteiger charge is -2.28. The van der Waals surface area contributed by atoms with Gasteiger partial charge in [0.05, 0.1) is 0 Å². The number of hydrogen-bond donors (Lipinski definition) is 1. The summed E-state index contributed by atoms with van der Waals surface area (Å²) in [5, 5.41) is 3.57. The fourth-order valence-corrected chi connectivity index (χ4v) is 2.73. The van der Waals surface area contributed by atoms with E-state index in [0.29, 0.717) is 6.04 Å². The highest BCUT2D eigenvalue weighted by Gasteiger charge is 2.25. The molecule has 1 aromatic heterocycles. The molecule has 1 atom stereocenters. The third kappa shape index (κ3) is 3.69. The van der Waals surface area contributed by atoms with Crippen LogP contribution in [-0.2, 0) is 6.54 Å². The van der Waals surface area contributed by atoms with E-state index in [0.717, 1.165) is 13.1 Å². The van der Waals surface area contributed by atoms with Crippen LogP contribution in [0, 0.1) is 0 Å². The minimum atomic E-state index is 0.141. The molecule has 1 aromatic rings. The molecule has 3 heteroatoms. The average molecular weight is 261 g/mol. The number of rotatable bonds is 4. The van der Waals surface area contributed by atoms with Gasteiger partial charge in [0.25, 0.3) is 0 Å². The highest BCUT2D eigenvalue weighted by molar-refractivity contribution is 5.48. The van der Waals surface area contributed by atoms with E-state index in [1.165, 1.54) is 30.6 Å². The molecule has 2 rings (SSSR count). The summed E-state index contributed by atoms with van der Waals surface area (Å²) in [5.74, 6) is 1.18. The van der Waals surface area contributed by atoms with E-state index in [4.69, 9.17) is 0 Å². The quantitative estimate of drug-likeness (QED) is 0.901. The highest BCUT2D eigenvalue weighted by Crippen LogP contribution is 2.28. The van der Waals surface area contributed by atoms with Gasteiger partial charge in [0.2, 0.25) is 0 Å². The van der Waals surface area contributed by atoms with Crippen molar-refractivity contribution < 1.29 is 0 Å². The second-order valence-electron chi connectivity index (χ2n) is 6.49. The molecule has 0 saturated carbocycles. The number of aromatic nitrogens is 1. The van der Waals surface area contributed by atoms with Gasteiger partial charge >= 0.3 is 0 Å². The molecule has 1 fully saturated rings. The van der Waals surface area contributed by atoms with Gasteiger partial charge in [-0.1, -0.05) is 13.0 Å². The lowest BCUT2D eigenvalue weighted by Crippen LogP contribution is -2.36. The lowest BCUT2D eigenvalue weighted by molar-refractivity contribution is 0.424. The monoisotopic (exact) mass is 261 g/mol. The Bertz CT molecular complexity index is 409. The summed E-state index contributed by atoms with van der Waals surface area (Å²) in [5.41, 5.74) is 1.46. The Balaban J connectivity index is 2.16. The molecule has 0 aromatic carbocycles. The SMILES string of the molecule is CCC1CCCN1c1ncccc1CNC(C)(C)C. The second-order valence-corrected chi connectivity index (χ2v) is 6.49. The zero-order valence-corrected chi connectivity index (χ0v) is 12.7. The van der Waals surface area contributed by atoms with Crippen molar-refractivity contribution in [1.82, 2.24) is 10.3 Å². The zero-order chi connectivity index (χ0) is 13.9. The van der Waals surface area contributed by atoms with Gasteiger partial charge in [-0.15, -0.1) is 0 Å². The zero-order valence-electron chi connectivity index (χ0n) is 12.7. The van der Waals surface area contributed by atoms with Crippen LogP contribution in [0.2, 0.25) is 0 Å². The Labute approximate surface area is 117 Å². The van der Waals surface area contributed by atoms with Crippen LogP contribution < -0.4 is 10.2 Å². The normalized spacial score (nSPS) is 20.0. The lowest BCUT2D eigenvalue weighted by atomic mass is 10.1. The summed E-state index contributed by atoms with van der Waals surface area (Å²) in [6.45, 7) is 10.9. The van der Waals surface area contributed by atoms with Crippen LogP contribution in [0.1, 0.15) is 52.5 Å². The molecule has 1 aliphatic heterocycles. The molecule has 19 heavy (non-hydrogen) atoms. The van der Waals surface area contributed by atoms with E-state index in [-0.39, 0.29) is 5.54 Å². The molecular formula is C16H27N3. The standard InChI is InChI=1S/C16H27N3/c1-5-14-9-7-11-19(14)15-13(8-6-10-17-15)12-18-16(2,3)4/h6,8,10,14,18H,5,7,9,11-12H2,1-4H3. The predicted octanol–water partition coefficient (Wildman–Crippen LogP) is 3.35. The summed E-state index contributed by atoms with van der Waals surface area (Å²) in [6, 6.07) is 4.91.